The van der Waals surface area contributed by atoms with Crippen molar-refractivity contribution in [3.8, 4) is 5.69 Å². The van der Waals surface area contributed by atoms with E-state index >= 15 is 0 Å². The van der Waals surface area contributed by atoms with E-state index in [-0.39, 0.29) is 11.0 Å². The molecule has 1 aromatic heterocycles. The van der Waals surface area contributed by atoms with Gasteiger partial charge in [-0.3, -0.25) is 14.3 Å². The molecule has 7 rings (SSSR count). The molecule has 0 amide bonds. The molecule has 200 valence electrons. The number of nitrogens with zero attached hydrogens (tertiary/aromatic N) is 4. The molecule has 2 aliphatic heterocycles. The van der Waals surface area contributed by atoms with Gasteiger partial charge in [0.15, 0.2) is 0 Å². The number of hydrogen-bond acceptors (Lipinski definition) is 5. The van der Waals surface area contributed by atoms with Crippen molar-refractivity contribution >= 4 is 28.2 Å². The summed E-state index contributed by atoms with van der Waals surface area (Å²) < 4.78 is 2.25. The number of fused-ring (bicyclic) bond motifs is 7. The number of anilines is 1. The van der Waals surface area contributed by atoms with Gasteiger partial charge in [-0.2, -0.15) is 4.98 Å². The van der Waals surface area contributed by atoms with Crippen molar-refractivity contribution < 1.29 is 5.11 Å². The molecule has 7 heteroatoms. The highest BCUT2D eigenvalue weighted by molar-refractivity contribution is 6.35. The second-order valence-corrected chi connectivity index (χ2v) is 12.3. The zero-order chi connectivity index (χ0) is 25.9. The van der Waals surface area contributed by atoms with Gasteiger partial charge in [-0.05, 0) is 74.3 Å². The van der Waals surface area contributed by atoms with Crippen LogP contribution in [0.2, 0.25) is 5.02 Å². The van der Waals surface area contributed by atoms with Crippen LogP contribution in [0.3, 0.4) is 0 Å². The lowest BCUT2D eigenvalue weighted by atomic mass is 9.70. The minimum atomic E-state index is -0.209. The fourth-order valence-electron chi connectivity index (χ4n) is 7.90. The summed E-state index contributed by atoms with van der Waals surface area (Å²) in [4.78, 5) is 23.1. The molecular weight excluding hydrogens is 496 g/mol. The molecule has 0 bridgehead atoms. The van der Waals surface area contributed by atoms with E-state index in [9.17, 15) is 9.90 Å². The van der Waals surface area contributed by atoms with E-state index in [4.69, 9.17) is 16.6 Å². The number of piperazine rings is 1. The number of aliphatic hydroxyl groups excluding tert-OH is 1. The highest BCUT2D eigenvalue weighted by atomic mass is 35.5. The molecule has 3 heterocycles. The molecule has 0 atom stereocenters. The van der Waals surface area contributed by atoms with Crippen LogP contribution in [0.15, 0.2) is 41.2 Å². The second kappa shape index (κ2) is 9.65. The van der Waals surface area contributed by atoms with Gasteiger partial charge in [0, 0.05) is 44.5 Å². The topological polar surface area (TPSA) is 61.6 Å². The molecule has 2 aliphatic carbocycles. The molecule has 2 aromatic carbocycles. The van der Waals surface area contributed by atoms with Crippen molar-refractivity contribution in [3.05, 3.63) is 63.2 Å². The highest BCUT2D eigenvalue weighted by Crippen LogP contribution is 2.52. The summed E-state index contributed by atoms with van der Waals surface area (Å²) in [6.45, 7) is 4.55. The first kappa shape index (κ1) is 24.6. The molecule has 38 heavy (non-hydrogen) atoms. The minimum Gasteiger partial charge on any atom is -0.396 e. The van der Waals surface area contributed by atoms with E-state index in [1.54, 1.807) is 6.07 Å². The lowest BCUT2D eigenvalue weighted by molar-refractivity contribution is 0.106. The van der Waals surface area contributed by atoms with Crippen molar-refractivity contribution in [3.63, 3.8) is 0 Å². The van der Waals surface area contributed by atoms with Crippen LogP contribution < -0.4 is 10.5 Å². The third kappa shape index (κ3) is 3.82. The van der Waals surface area contributed by atoms with Gasteiger partial charge in [-0.1, -0.05) is 43.0 Å². The van der Waals surface area contributed by atoms with Crippen molar-refractivity contribution in [2.45, 2.75) is 69.2 Å². The van der Waals surface area contributed by atoms with Gasteiger partial charge in [0.2, 0.25) is 0 Å². The average molecular weight is 533 g/mol. The van der Waals surface area contributed by atoms with Crippen LogP contribution in [0.25, 0.3) is 16.6 Å². The Hall–Kier alpha value is -2.41. The zero-order valence-electron chi connectivity index (χ0n) is 22.0. The molecule has 0 unspecified atom stereocenters. The van der Waals surface area contributed by atoms with Gasteiger partial charge in [-0.15, -0.1) is 0 Å². The van der Waals surface area contributed by atoms with Crippen LogP contribution in [-0.2, 0) is 5.41 Å². The molecule has 3 aromatic rings. The van der Waals surface area contributed by atoms with E-state index in [1.165, 1.54) is 36.2 Å². The smallest absolute Gasteiger partial charge is 0.282 e. The molecule has 6 nitrogen and oxygen atoms in total. The average Bonchev–Trinajstić information content (AvgIpc) is 3.22. The van der Waals surface area contributed by atoms with Crippen molar-refractivity contribution in [1.29, 1.82) is 0 Å². The first-order valence-corrected chi connectivity index (χ1v) is 14.9. The number of rotatable bonds is 3. The highest BCUT2D eigenvalue weighted by Gasteiger charge is 2.46. The lowest BCUT2D eigenvalue weighted by Crippen LogP contribution is -2.51. The molecular formula is C31H37ClN4O2. The third-order valence-electron chi connectivity index (χ3n) is 10.0. The predicted octanol–water partition coefficient (Wildman–Crippen LogP) is 5.28. The quantitative estimate of drug-likeness (QED) is 0.497. The number of halogens is 1. The molecule has 1 saturated heterocycles. The van der Waals surface area contributed by atoms with Crippen LogP contribution in [0.5, 0.6) is 0 Å². The molecule has 2 saturated carbocycles. The minimum absolute atomic E-state index is 0.187. The number of aromatic nitrogens is 2. The first-order valence-electron chi connectivity index (χ1n) is 14.6. The Labute approximate surface area is 229 Å². The van der Waals surface area contributed by atoms with Crippen molar-refractivity contribution in [1.82, 2.24) is 14.5 Å². The van der Waals surface area contributed by atoms with Gasteiger partial charge in [0.05, 0.1) is 27.0 Å². The summed E-state index contributed by atoms with van der Waals surface area (Å²) >= 11 is 6.54. The Kier molecular flexibility index (Phi) is 6.25. The van der Waals surface area contributed by atoms with Gasteiger partial charge >= 0.3 is 0 Å². The van der Waals surface area contributed by atoms with E-state index < -0.39 is 0 Å². The number of hydrogen-bond donors (Lipinski definition) is 1. The van der Waals surface area contributed by atoms with E-state index in [0.717, 1.165) is 76.0 Å². The number of benzene rings is 2. The molecule has 1 spiro atoms. The zero-order valence-corrected chi connectivity index (χ0v) is 22.8. The maximum absolute atomic E-state index is 13.2. The van der Waals surface area contributed by atoms with Gasteiger partial charge in [0.1, 0.15) is 5.82 Å². The molecule has 0 radical (unpaired) electrons. The van der Waals surface area contributed by atoms with E-state index in [2.05, 4.69) is 32.6 Å². The Balaban J connectivity index is 1.23. The Morgan fingerprint density at radius 2 is 1.74 bits per heavy atom. The fourth-order valence-corrected chi connectivity index (χ4v) is 8.16. The standard InChI is InChI=1S/C31H37ClN4O2/c32-25-5-4-6-26-28(25)29(38)33-30-31(13-2-1-3-14-31)24-12-11-23(19-27(24)36(26)30)35-17-15-34(16-18-35)22-9-7-21(20-37)8-10-22/h4-6,11-12,19,21-22,37H,1-3,7-10,13-18,20H2. The van der Waals surface area contributed by atoms with Gasteiger partial charge in [-0.25, -0.2) is 0 Å². The van der Waals surface area contributed by atoms with Crippen LogP contribution in [0, 0.1) is 5.92 Å². The van der Waals surface area contributed by atoms with E-state index in [0.29, 0.717) is 29.0 Å². The van der Waals surface area contributed by atoms with Crippen molar-refractivity contribution in [2.75, 3.05) is 37.7 Å². The third-order valence-corrected chi connectivity index (χ3v) is 10.3. The lowest BCUT2D eigenvalue weighted by Gasteiger charge is -2.42. The van der Waals surface area contributed by atoms with Gasteiger partial charge < -0.3 is 10.0 Å². The predicted molar refractivity (Wildman–Crippen MR) is 153 cm³/mol. The molecule has 1 N–H and O–H groups in total. The summed E-state index contributed by atoms with van der Waals surface area (Å²) in [5.41, 5.74) is 4.22. The van der Waals surface area contributed by atoms with Crippen molar-refractivity contribution in [2.24, 2.45) is 5.92 Å². The van der Waals surface area contributed by atoms with Crippen LogP contribution in [0.1, 0.15) is 69.2 Å². The summed E-state index contributed by atoms with van der Waals surface area (Å²) in [7, 11) is 0. The second-order valence-electron chi connectivity index (χ2n) is 11.9. The Bertz CT molecular complexity index is 1410. The summed E-state index contributed by atoms with van der Waals surface area (Å²) in [5, 5.41) is 10.5. The fraction of sp³-hybridized carbons (Fsp3) is 0.548. The maximum atomic E-state index is 13.2. The maximum Gasteiger partial charge on any atom is 0.282 e. The monoisotopic (exact) mass is 532 g/mol. The number of aliphatic hydroxyl groups is 1. The SMILES string of the molecule is O=c1nc2n(c3cccc(Cl)c13)-c1cc(N3CCN(C4CCC(CO)CC4)CC3)ccc1C21CCCCC1. The van der Waals surface area contributed by atoms with Crippen LogP contribution >= 0.6 is 11.6 Å². The summed E-state index contributed by atoms with van der Waals surface area (Å²) in [6, 6.07) is 13.4. The van der Waals surface area contributed by atoms with Crippen LogP contribution in [-0.4, -0.2) is 58.4 Å². The molecule has 4 aliphatic rings. The normalized spacial score (nSPS) is 25.1. The first-order chi connectivity index (χ1) is 18.6. The summed E-state index contributed by atoms with van der Waals surface area (Å²) in [6.07, 6.45) is 10.4. The van der Waals surface area contributed by atoms with E-state index in [1.807, 2.05) is 12.1 Å². The van der Waals surface area contributed by atoms with Crippen LogP contribution in [0.4, 0.5) is 5.69 Å². The largest absolute Gasteiger partial charge is 0.396 e. The Morgan fingerprint density at radius 1 is 0.974 bits per heavy atom. The summed E-state index contributed by atoms with van der Waals surface area (Å²) in [5.74, 6) is 1.41. The van der Waals surface area contributed by atoms with Gasteiger partial charge in [0.25, 0.3) is 5.56 Å². The molecule has 3 fully saturated rings. The Morgan fingerprint density at radius 3 is 2.47 bits per heavy atom.